The van der Waals surface area contributed by atoms with E-state index in [1.807, 2.05) is 18.2 Å². The van der Waals surface area contributed by atoms with Gasteiger partial charge in [0.1, 0.15) is 17.3 Å². The SMILES string of the molecule is Fc1cc(Cl)cc(-c2ccc3c(c2)C(=NCl)C2(CCc4ccccc4CC2)O3)c1. The van der Waals surface area contributed by atoms with E-state index in [1.54, 1.807) is 6.07 Å². The van der Waals surface area contributed by atoms with E-state index in [1.165, 1.54) is 23.3 Å². The van der Waals surface area contributed by atoms with Crippen molar-refractivity contribution in [1.82, 2.24) is 0 Å². The third kappa shape index (κ3) is 3.23. The van der Waals surface area contributed by atoms with Crippen LogP contribution >= 0.6 is 23.4 Å². The van der Waals surface area contributed by atoms with Crippen molar-refractivity contribution in [3.63, 3.8) is 0 Å². The number of fused-ring (bicyclic) bond motifs is 2. The summed E-state index contributed by atoms with van der Waals surface area (Å²) in [5.41, 5.74) is 5.35. The van der Waals surface area contributed by atoms with Crippen molar-refractivity contribution in [2.24, 2.45) is 4.51 Å². The van der Waals surface area contributed by atoms with Gasteiger partial charge in [-0.05, 0) is 78.3 Å². The van der Waals surface area contributed by atoms with Crippen LogP contribution in [0.4, 0.5) is 4.39 Å². The Morgan fingerprint density at radius 3 is 2.28 bits per heavy atom. The lowest BCUT2D eigenvalue weighted by molar-refractivity contribution is 0.138. The average molecular weight is 426 g/mol. The van der Waals surface area contributed by atoms with Crippen molar-refractivity contribution >= 4 is 29.1 Å². The first kappa shape index (κ1) is 18.7. The van der Waals surface area contributed by atoms with Crippen LogP contribution in [0.5, 0.6) is 5.75 Å². The number of nitrogens with zero attached hydrogens (tertiary/aromatic N) is 1. The van der Waals surface area contributed by atoms with Crippen molar-refractivity contribution in [2.45, 2.75) is 31.3 Å². The minimum absolute atomic E-state index is 0.362. The van der Waals surface area contributed by atoms with Crippen LogP contribution in [-0.2, 0) is 12.8 Å². The predicted octanol–water partition coefficient (Wildman–Crippen LogP) is 6.80. The third-order valence-electron chi connectivity index (χ3n) is 5.97. The molecule has 5 heteroatoms. The normalized spacial score (nSPS) is 18.2. The first-order valence-electron chi connectivity index (χ1n) is 9.64. The maximum atomic E-state index is 13.8. The molecule has 1 aliphatic carbocycles. The maximum absolute atomic E-state index is 13.8. The van der Waals surface area contributed by atoms with Crippen LogP contribution in [0.1, 0.15) is 29.5 Å². The predicted molar refractivity (Wildman–Crippen MR) is 116 cm³/mol. The molecule has 1 aliphatic heterocycles. The zero-order chi connectivity index (χ0) is 20.0. The van der Waals surface area contributed by atoms with Crippen LogP contribution in [0, 0.1) is 5.82 Å². The van der Waals surface area contributed by atoms with Gasteiger partial charge in [0.25, 0.3) is 0 Å². The number of benzene rings is 3. The topological polar surface area (TPSA) is 21.6 Å². The van der Waals surface area contributed by atoms with Crippen molar-refractivity contribution in [3.05, 3.63) is 88.2 Å². The van der Waals surface area contributed by atoms with E-state index < -0.39 is 5.60 Å². The highest BCUT2D eigenvalue weighted by molar-refractivity contribution is 6.31. The molecule has 146 valence electrons. The molecule has 0 unspecified atom stereocenters. The van der Waals surface area contributed by atoms with Gasteiger partial charge in [-0.3, -0.25) is 0 Å². The summed E-state index contributed by atoms with van der Waals surface area (Å²) < 4.78 is 24.5. The molecule has 5 rings (SSSR count). The van der Waals surface area contributed by atoms with E-state index >= 15 is 0 Å². The fraction of sp³-hybridized carbons (Fsp3) is 0.208. The Hall–Kier alpha value is -2.36. The summed E-state index contributed by atoms with van der Waals surface area (Å²) in [7, 11) is 0. The van der Waals surface area contributed by atoms with Gasteiger partial charge in [0.15, 0.2) is 5.60 Å². The first-order valence-corrected chi connectivity index (χ1v) is 10.4. The number of hydrogen-bond donors (Lipinski definition) is 0. The first-order chi connectivity index (χ1) is 14.1. The summed E-state index contributed by atoms with van der Waals surface area (Å²) in [6.07, 6.45) is 3.44. The third-order valence-corrected chi connectivity index (χ3v) is 6.35. The van der Waals surface area contributed by atoms with Crippen molar-refractivity contribution in [2.75, 3.05) is 0 Å². The number of halogens is 3. The molecule has 1 heterocycles. The molecule has 0 radical (unpaired) electrons. The zero-order valence-electron chi connectivity index (χ0n) is 15.6. The van der Waals surface area contributed by atoms with E-state index in [0.717, 1.165) is 48.3 Å². The van der Waals surface area contributed by atoms with Crippen molar-refractivity contribution < 1.29 is 9.13 Å². The molecule has 0 fully saturated rings. The molecule has 3 aromatic carbocycles. The molecule has 29 heavy (non-hydrogen) atoms. The molecule has 0 bridgehead atoms. The van der Waals surface area contributed by atoms with Crippen molar-refractivity contribution in [3.8, 4) is 16.9 Å². The lowest BCUT2D eigenvalue weighted by Crippen LogP contribution is -2.40. The lowest BCUT2D eigenvalue weighted by Gasteiger charge is -2.27. The quantitative estimate of drug-likeness (QED) is 0.419. The molecule has 0 saturated heterocycles. The summed E-state index contributed by atoms with van der Waals surface area (Å²) in [6.45, 7) is 0. The standard InChI is InChI=1S/C24H18Cl2FNO/c25-19-11-18(12-20(27)14-19)17-5-6-22-21(13-17)23(28-26)24(29-22)9-7-15-3-1-2-4-16(15)8-10-24/h1-6,11-14H,7-10H2. The Bertz CT molecular complexity index is 1090. The summed E-state index contributed by atoms with van der Waals surface area (Å²) >= 11 is 12.1. The van der Waals surface area contributed by atoms with Crippen LogP contribution in [0.25, 0.3) is 11.1 Å². The van der Waals surface area contributed by atoms with E-state index in [9.17, 15) is 4.39 Å². The van der Waals surface area contributed by atoms with Gasteiger partial charge in [0.2, 0.25) is 0 Å². The van der Waals surface area contributed by atoms with Gasteiger partial charge >= 0.3 is 0 Å². The zero-order valence-corrected chi connectivity index (χ0v) is 17.1. The lowest BCUT2D eigenvalue weighted by atomic mass is 9.86. The molecule has 2 nitrogen and oxygen atoms in total. The Morgan fingerprint density at radius 2 is 1.62 bits per heavy atom. The summed E-state index contributed by atoms with van der Waals surface area (Å²) in [5, 5.41) is 0.362. The largest absolute Gasteiger partial charge is 0.480 e. The second-order valence-electron chi connectivity index (χ2n) is 7.67. The maximum Gasteiger partial charge on any atom is 0.153 e. The molecule has 0 N–H and O–H groups in total. The van der Waals surface area contributed by atoms with Gasteiger partial charge in [-0.25, -0.2) is 4.39 Å². The van der Waals surface area contributed by atoms with Crippen LogP contribution in [0.15, 0.2) is 65.2 Å². The Morgan fingerprint density at radius 1 is 0.897 bits per heavy atom. The number of hydrogen-bond acceptors (Lipinski definition) is 2. The molecule has 3 aromatic rings. The molecule has 0 atom stereocenters. The van der Waals surface area contributed by atoms with E-state index in [4.69, 9.17) is 28.1 Å². The molecule has 1 spiro atoms. The van der Waals surface area contributed by atoms with Crippen LogP contribution in [-0.4, -0.2) is 11.3 Å². The summed E-state index contributed by atoms with van der Waals surface area (Å²) in [6, 6.07) is 18.8. The number of aryl methyl sites for hydroxylation is 2. The van der Waals surface area contributed by atoms with Gasteiger partial charge < -0.3 is 4.74 Å². The molecular weight excluding hydrogens is 408 g/mol. The fourth-order valence-electron chi connectivity index (χ4n) is 4.51. The fourth-order valence-corrected chi connectivity index (χ4v) is 4.98. The molecule has 0 saturated carbocycles. The Kier molecular flexibility index (Phi) is 4.60. The highest BCUT2D eigenvalue weighted by atomic mass is 35.5. The molecule has 0 amide bonds. The van der Waals surface area contributed by atoms with E-state index in [2.05, 4.69) is 28.8 Å². The summed E-state index contributed by atoms with van der Waals surface area (Å²) in [4.78, 5) is 0. The van der Waals surface area contributed by atoms with E-state index in [-0.39, 0.29) is 5.82 Å². The second kappa shape index (κ2) is 7.16. The smallest absolute Gasteiger partial charge is 0.153 e. The highest BCUT2D eigenvalue weighted by Crippen LogP contribution is 2.44. The number of ether oxygens (including phenoxy) is 1. The summed E-state index contributed by atoms with van der Waals surface area (Å²) in [5.74, 6) is 0.398. The van der Waals surface area contributed by atoms with Crippen LogP contribution < -0.4 is 4.74 Å². The Labute approximate surface area is 179 Å². The molecular formula is C24H18Cl2FNO. The minimum atomic E-state index is -0.540. The van der Waals surface area contributed by atoms with Gasteiger partial charge in [-0.1, -0.05) is 41.9 Å². The van der Waals surface area contributed by atoms with Gasteiger partial charge in [-0.2, -0.15) is 4.51 Å². The highest BCUT2D eigenvalue weighted by Gasteiger charge is 2.46. The Balaban J connectivity index is 1.53. The van der Waals surface area contributed by atoms with Crippen LogP contribution in [0.2, 0.25) is 5.02 Å². The second-order valence-corrected chi connectivity index (χ2v) is 8.27. The van der Waals surface area contributed by atoms with Gasteiger partial charge in [0, 0.05) is 22.4 Å². The van der Waals surface area contributed by atoms with Crippen LogP contribution in [0.3, 0.4) is 0 Å². The minimum Gasteiger partial charge on any atom is -0.480 e. The molecule has 0 aromatic heterocycles. The molecule has 2 aliphatic rings. The monoisotopic (exact) mass is 425 g/mol. The van der Waals surface area contributed by atoms with Gasteiger partial charge in [0.05, 0.1) is 0 Å². The van der Waals surface area contributed by atoms with E-state index in [0.29, 0.717) is 10.6 Å². The van der Waals surface area contributed by atoms with Gasteiger partial charge in [-0.15, -0.1) is 0 Å². The number of rotatable bonds is 1. The average Bonchev–Trinajstić information content (AvgIpc) is 2.90. The van der Waals surface area contributed by atoms with Crippen molar-refractivity contribution in [1.29, 1.82) is 0 Å².